The number of nitrogens with one attached hydrogen (secondary N) is 1. The SMILES string of the molecule is COC(=O)c1c(N)nc(ON=C(C)c2sc(-c3cccnc3)nc2C)nc1NC1CC1. The molecule has 1 fully saturated rings. The number of hydrogen-bond acceptors (Lipinski definition) is 11. The number of carbonyl (C=O) groups is 1. The van der Waals surface area contributed by atoms with E-state index in [1.54, 1.807) is 12.4 Å². The first-order chi connectivity index (χ1) is 15.0. The molecule has 0 saturated heterocycles. The Labute approximate surface area is 182 Å². The number of hydrogen-bond donors (Lipinski definition) is 2. The van der Waals surface area contributed by atoms with E-state index in [0.717, 1.165) is 34.0 Å². The molecule has 0 bridgehead atoms. The van der Waals surface area contributed by atoms with E-state index < -0.39 is 5.97 Å². The molecule has 4 rings (SSSR count). The zero-order chi connectivity index (χ0) is 22.0. The number of nitrogens with zero attached hydrogens (tertiary/aromatic N) is 5. The Balaban J connectivity index is 1.58. The van der Waals surface area contributed by atoms with E-state index in [-0.39, 0.29) is 29.3 Å². The molecular formula is C20H21N7O3S. The van der Waals surface area contributed by atoms with Crippen LogP contribution in [0.4, 0.5) is 11.6 Å². The number of aryl methyl sites for hydroxylation is 1. The molecule has 0 atom stereocenters. The van der Waals surface area contributed by atoms with E-state index in [1.807, 2.05) is 26.0 Å². The molecule has 3 N–H and O–H groups in total. The summed E-state index contributed by atoms with van der Waals surface area (Å²) in [6, 6.07) is 3.98. The molecule has 3 heterocycles. The van der Waals surface area contributed by atoms with E-state index in [9.17, 15) is 4.79 Å². The van der Waals surface area contributed by atoms with Crippen molar-refractivity contribution in [3.05, 3.63) is 40.7 Å². The predicted octanol–water partition coefficient (Wildman–Crippen LogP) is 3.05. The van der Waals surface area contributed by atoms with Crippen LogP contribution in [0.5, 0.6) is 6.01 Å². The largest absolute Gasteiger partial charge is 0.465 e. The quantitative estimate of drug-likeness (QED) is 0.323. The lowest BCUT2D eigenvalue weighted by Crippen LogP contribution is -2.16. The fraction of sp³-hybridized carbons (Fsp3) is 0.300. The van der Waals surface area contributed by atoms with Crippen LogP contribution >= 0.6 is 11.3 Å². The summed E-state index contributed by atoms with van der Waals surface area (Å²) in [6.45, 7) is 3.71. The van der Waals surface area contributed by atoms with Crippen molar-refractivity contribution in [2.24, 2.45) is 5.16 Å². The predicted molar refractivity (Wildman–Crippen MR) is 117 cm³/mol. The van der Waals surface area contributed by atoms with Crippen LogP contribution < -0.4 is 15.9 Å². The summed E-state index contributed by atoms with van der Waals surface area (Å²) in [5.41, 5.74) is 8.42. The molecule has 11 heteroatoms. The summed E-state index contributed by atoms with van der Waals surface area (Å²) in [4.78, 5) is 35.4. The van der Waals surface area contributed by atoms with Gasteiger partial charge in [0, 0.05) is 24.0 Å². The van der Waals surface area contributed by atoms with Crippen LogP contribution in [0.15, 0.2) is 29.7 Å². The van der Waals surface area contributed by atoms with Gasteiger partial charge in [-0.3, -0.25) is 4.98 Å². The molecule has 10 nitrogen and oxygen atoms in total. The normalized spacial score (nSPS) is 13.7. The second-order valence-corrected chi connectivity index (χ2v) is 7.97. The van der Waals surface area contributed by atoms with Crippen molar-refractivity contribution in [3.8, 4) is 16.6 Å². The van der Waals surface area contributed by atoms with Gasteiger partial charge in [-0.2, -0.15) is 9.97 Å². The van der Waals surface area contributed by atoms with Crippen molar-refractivity contribution < 1.29 is 14.4 Å². The monoisotopic (exact) mass is 439 g/mol. The van der Waals surface area contributed by atoms with Crippen molar-refractivity contribution in [1.82, 2.24) is 19.9 Å². The van der Waals surface area contributed by atoms with Gasteiger partial charge in [-0.15, -0.1) is 11.3 Å². The van der Waals surface area contributed by atoms with Gasteiger partial charge in [0.15, 0.2) is 5.82 Å². The van der Waals surface area contributed by atoms with Gasteiger partial charge in [0.25, 0.3) is 0 Å². The summed E-state index contributed by atoms with van der Waals surface area (Å²) >= 11 is 1.49. The highest BCUT2D eigenvalue weighted by molar-refractivity contribution is 7.17. The van der Waals surface area contributed by atoms with Gasteiger partial charge in [0.1, 0.15) is 16.4 Å². The van der Waals surface area contributed by atoms with Crippen LogP contribution in [0.25, 0.3) is 10.6 Å². The maximum atomic E-state index is 12.1. The van der Waals surface area contributed by atoms with Crippen molar-refractivity contribution in [1.29, 1.82) is 0 Å². The van der Waals surface area contributed by atoms with Crippen LogP contribution in [0.2, 0.25) is 0 Å². The molecule has 0 radical (unpaired) electrons. The van der Waals surface area contributed by atoms with Crippen molar-refractivity contribution in [2.75, 3.05) is 18.2 Å². The van der Waals surface area contributed by atoms with Crippen molar-refractivity contribution in [3.63, 3.8) is 0 Å². The first kappa shape index (κ1) is 20.7. The highest BCUT2D eigenvalue weighted by atomic mass is 32.1. The number of oxime groups is 1. The zero-order valence-corrected chi connectivity index (χ0v) is 18.1. The Hall–Kier alpha value is -3.60. The number of nitrogens with two attached hydrogens (primary N) is 1. The lowest BCUT2D eigenvalue weighted by Gasteiger charge is -2.11. The molecule has 31 heavy (non-hydrogen) atoms. The number of ether oxygens (including phenoxy) is 1. The molecule has 0 spiro atoms. The summed E-state index contributed by atoms with van der Waals surface area (Å²) in [7, 11) is 1.28. The summed E-state index contributed by atoms with van der Waals surface area (Å²) < 4.78 is 4.79. The van der Waals surface area contributed by atoms with Crippen LogP contribution in [0.3, 0.4) is 0 Å². The Morgan fingerprint density at radius 2 is 2.13 bits per heavy atom. The Morgan fingerprint density at radius 3 is 2.81 bits per heavy atom. The van der Waals surface area contributed by atoms with Gasteiger partial charge in [-0.1, -0.05) is 5.16 Å². The molecule has 1 saturated carbocycles. The number of methoxy groups -OCH3 is 1. The van der Waals surface area contributed by atoms with E-state index in [1.165, 1.54) is 18.4 Å². The van der Waals surface area contributed by atoms with E-state index in [0.29, 0.717) is 5.71 Å². The Kier molecular flexibility index (Phi) is 5.76. The molecular weight excluding hydrogens is 418 g/mol. The number of aromatic nitrogens is 4. The Morgan fingerprint density at radius 1 is 1.32 bits per heavy atom. The lowest BCUT2D eigenvalue weighted by atomic mass is 10.2. The van der Waals surface area contributed by atoms with Crippen LogP contribution in [0.1, 0.15) is 40.7 Å². The second-order valence-electron chi connectivity index (χ2n) is 6.97. The molecule has 0 unspecified atom stereocenters. The van der Waals surface area contributed by atoms with E-state index in [4.69, 9.17) is 15.3 Å². The average Bonchev–Trinajstić information content (AvgIpc) is 3.50. The van der Waals surface area contributed by atoms with Gasteiger partial charge in [-0.25, -0.2) is 9.78 Å². The zero-order valence-electron chi connectivity index (χ0n) is 17.2. The van der Waals surface area contributed by atoms with Crippen LogP contribution in [-0.4, -0.2) is 44.8 Å². The molecule has 1 aliphatic carbocycles. The average molecular weight is 440 g/mol. The smallest absolute Gasteiger partial charge is 0.349 e. The minimum absolute atomic E-state index is 0.0410. The number of rotatable bonds is 7. The van der Waals surface area contributed by atoms with Gasteiger partial charge >= 0.3 is 12.0 Å². The third kappa shape index (κ3) is 4.61. The minimum Gasteiger partial charge on any atom is -0.465 e. The highest BCUT2D eigenvalue weighted by Crippen LogP contribution is 2.30. The van der Waals surface area contributed by atoms with Gasteiger partial charge in [0.05, 0.1) is 23.4 Å². The number of nitrogen functional groups attached to an aromatic ring is 1. The molecule has 3 aromatic rings. The first-order valence-corrected chi connectivity index (χ1v) is 10.4. The molecule has 3 aromatic heterocycles. The number of pyridine rings is 1. The maximum Gasteiger partial charge on any atom is 0.349 e. The minimum atomic E-state index is -0.616. The van der Waals surface area contributed by atoms with Crippen LogP contribution in [0, 0.1) is 6.92 Å². The third-order valence-electron chi connectivity index (χ3n) is 4.52. The molecule has 1 aliphatic rings. The summed E-state index contributed by atoms with van der Waals surface area (Å²) in [6.07, 6.45) is 5.46. The molecule has 160 valence electrons. The summed E-state index contributed by atoms with van der Waals surface area (Å²) in [5, 5.41) is 8.15. The number of esters is 1. The van der Waals surface area contributed by atoms with Gasteiger partial charge < -0.3 is 20.6 Å². The summed E-state index contributed by atoms with van der Waals surface area (Å²) in [5.74, 6) is -0.381. The topological polar surface area (TPSA) is 138 Å². The second kappa shape index (κ2) is 8.64. The highest BCUT2D eigenvalue weighted by Gasteiger charge is 2.27. The fourth-order valence-corrected chi connectivity index (χ4v) is 3.81. The molecule has 0 aliphatic heterocycles. The number of carbonyl (C=O) groups excluding carboxylic acids is 1. The standard InChI is InChI=1S/C20H21N7O3S/c1-10-15(31-18(23-10)12-5-4-8-22-9-12)11(2)27-30-20-25-16(21)14(19(28)29-3)17(26-20)24-13-6-7-13/h4-5,8-9,13H,6-7H2,1-3H3,(H3,21,24,25,26). The lowest BCUT2D eigenvalue weighted by molar-refractivity contribution is 0.0602. The van der Waals surface area contributed by atoms with Crippen LogP contribution in [-0.2, 0) is 4.74 Å². The molecule has 0 amide bonds. The fourth-order valence-electron chi connectivity index (χ4n) is 2.82. The third-order valence-corrected chi connectivity index (χ3v) is 5.84. The Bertz CT molecular complexity index is 1140. The van der Waals surface area contributed by atoms with Gasteiger partial charge in [-0.05, 0) is 38.8 Å². The van der Waals surface area contributed by atoms with E-state index in [2.05, 4.69) is 30.4 Å². The van der Waals surface area contributed by atoms with Gasteiger partial charge in [0.2, 0.25) is 0 Å². The number of anilines is 2. The first-order valence-electron chi connectivity index (χ1n) is 9.58. The van der Waals surface area contributed by atoms with E-state index >= 15 is 0 Å². The number of thiazole rings is 1. The maximum absolute atomic E-state index is 12.1. The van der Waals surface area contributed by atoms with Crippen molar-refractivity contribution >= 4 is 34.7 Å². The molecule has 0 aromatic carbocycles. The van der Waals surface area contributed by atoms with Crippen molar-refractivity contribution in [2.45, 2.75) is 32.7 Å².